The SMILES string of the molecule is NC1(c2c(F)cc(F)c3c2OCCC3)CCC1. The topological polar surface area (TPSA) is 35.2 Å². The molecular weight excluding hydrogens is 224 g/mol. The molecule has 3 rings (SSSR count). The van der Waals surface area contributed by atoms with Gasteiger partial charge in [0.05, 0.1) is 12.2 Å². The van der Waals surface area contributed by atoms with Gasteiger partial charge in [-0.05, 0) is 32.1 Å². The highest BCUT2D eigenvalue weighted by molar-refractivity contribution is 5.49. The van der Waals surface area contributed by atoms with Crippen LogP contribution in [0.15, 0.2) is 6.07 Å². The summed E-state index contributed by atoms with van der Waals surface area (Å²) in [6.45, 7) is 0.513. The summed E-state index contributed by atoms with van der Waals surface area (Å²) in [6, 6.07) is 0.954. The largest absolute Gasteiger partial charge is 0.493 e. The third kappa shape index (κ3) is 1.54. The first-order valence-electron chi connectivity index (χ1n) is 6.05. The predicted molar refractivity (Wildman–Crippen MR) is 59.9 cm³/mol. The molecule has 0 amide bonds. The maximum absolute atomic E-state index is 14.0. The van der Waals surface area contributed by atoms with Gasteiger partial charge in [-0.1, -0.05) is 0 Å². The highest BCUT2D eigenvalue weighted by Crippen LogP contribution is 2.46. The molecule has 1 aliphatic heterocycles. The van der Waals surface area contributed by atoms with Crippen molar-refractivity contribution < 1.29 is 13.5 Å². The van der Waals surface area contributed by atoms with Gasteiger partial charge in [-0.25, -0.2) is 8.78 Å². The zero-order valence-electron chi connectivity index (χ0n) is 9.56. The second-order valence-corrected chi connectivity index (χ2v) is 4.98. The summed E-state index contributed by atoms with van der Waals surface area (Å²) in [5.74, 6) is -0.704. The van der Waals surface area contributed by atoms with Crippen molar-refractivity contribution in [3.05, 3.63) is 28.8 Å². The average molecular weight is 239 g/mol. The number of hydrogen-bond donors (Lipinski definition) is 1. The van der Waals surface area contributed by atoms with Crippen LogP contribution in [0.2, 0.25) is 0 Å². The molecule has 0 bridgehead atoms. The number of benzene rings is 1. The van der Waals surface area contributed by atoms with Gasteiger partial charge in [0, 0.05) is 17.2 Å². The Balaban J connectivity index is 2.19. The van der Waals surface area contributed by atoms with E-state index in [2.05, 4.69) is 0 Å². The molecule has 1 fully saturated rings. The summed E-state index contributed by atoms with van der Waals surface area (Å²) in [5.41, 5.74) is 6.38. The Morgan fingerprint density at radius 2 is 1.94 bits per heavy atom. The Bertz CT molecular complexity index is 469. The maximum atomic E-state index is 14.0. The van der Waals surface area contributed by atoms with Crippen LogP contribution in [-0.2, 0) is 12.0 Å². The molecular formula is C13H15F2NO. The van der Waals surface area contributed by atoms with Crippen LogP contribution < -0.4 is 10.5 Å². The summed E-state index contributed by atoms with van der Waals surface area (Å²) in [6.07, 6.45) is 3.84. The van der Waals surface area contributed by atoms with Crippen LogP contribution in [0.3, 0.4) is 0 Å². The van der Waals surface area contributed by atoms with Gasteiger partial charge in [0.15, 0.2) is 0 Å². The molecule has 1 aliphatic carbocycles. The van der Waals surface area contributed by atoms with E-state index >= 15 is 0 Å². The maximum Gasteiger partial charge on any atom is 0.134 e. The summed E-state index contributed by atoms with van der Waals surface area (Å²) < 4.78 is 33.1. The zero-order valence-corrected chi connectivity index (χ0v) is 9.56. The molecule has 0 aromatic heterocycles. The van der Waals surface area contributed by atoms with Crippen molar-refractivity contribution in [3.63, 3.8) is 0 Å². The third-order valence-corrected chi connectivity index (χ3v) is 3.84. The number of rotatable bonds is 1. The first kappa shape index (κ1) is 11.0. The number of nitrogens with two attached hydrogens (primary N) is 1. The van der Waals surface area contributed by atoms with Gasteiger partial charge < -0.3 is 10.5 Å². The fraction of sp³-hybridized carbons (Fsp3) is 0.538. The zero-order chi connectivity index (χ0) is 12.0. The van der Waals surface area contributed by atoms with Crippen LogP contribution in [0.4, 0.5) is 8.78 Å². The minimum atomic E-state index is -0.654. The summed E-state index contributed by atoms with van der Waals surface area (Å²) in [4.78, 5) is 0. The van der Waals surface area contributed by atoms with Crippen LogP contribution in [0.5, 0.6) is 5.75 Å². The summed E-state index contributed by atoms with van der Waals surface area (Å²) in [7, 11) is 0. The normalized spacial score (nSPS) is 21.4. The Morgan fingerprint density at radius 1 is 1.18 bits per heavy atom. The molecule has 0 saturated heterocycles. The van der Waals surface area contributed by atoms with E-state index in [-0.39, 0.29) is 0 Å². The second-order valence-electron chi connectivity index (χ2n) is 4.98. The van der Waals surface area contributed by atoms with Crippen LogP contribution in [0.25, 0.3) is 0 Å². The quantitative estimate of drug-likeness (QED) is 0.817. The number of fused-ring (bicyclic) bond motifs is 1. The Labute approximate surface area is 98.8 Å². The molecule has 0 atom stereocenters. The smallest absolute Gasteiger partial charge is 0.134 e. The van der Waals surface area contributed by atoms with E-state index in [1.807, 2.05) is 0 Å². The molecule has 2 aliphatic rings. The van der Waals surface area contributed by atoms with E-state index < -0.39 is 17.2 Å². The van der Waals surface area contributed by atoms with Gasteiger partial charge in [-0.2, -0.15) is 0 Å². The van der Waals surface area contributed by atoms with Crippen molar-refractivity contribution in [2.75, 3.05) is 6.61 Å². The van der Waals surface area contributed by atoms with E-state index in [0.717, 1.165) is 31.7 Å². The van der Waals surface area contributed by atoms with E-state index in [1.165, 1.54) is 0 Å². The number of ether oxygens (including phenoxy) is 1. The van der Waals surface area contributed by atoms with Crippen molar-refractivity contribution in [1.82, 2.24) is 0 Å². The van der Waals surface area contributed by atoms with E-state index in [9.17, 15) is 8.78 Å². The third-order valence-electron chi connectivity index (χ3n) is 3.84. The van der Waals surface area contributed by atoms with E-state index in [4.69, 9.17) is 10.5 Å². The molecule has 2 N–H and O–H groups in total. The van der Waals surface area contributed by atoms with Crippen LogP contribution >= 0.6 is 0 Å². The van der Waals surface area contributed by atoms with Crippen molar-refractivity contribution in [2.24, 2.45) is 5.73 Å². The lowest BCUT2D eigenvalue weighted by molar-refractivity contribution is 0.217. The van der Waals surface area contributed by atoms with Gasteiger partial charge in [0.1, 0.15) is 17.4 Å². The molecule has 1 aromatic rings. The molecule has 0 spiro atoms. The molecule has 0 radical (unpaired) electrons. The molecule has 2 nitrogen and oxygen atoms in total. The van der Waals surface area contributed by atoms with Crippen LogP contribution in [-0.4, -0.2) is 6.61 Å². The second kappa shape index (κ2) is 3.67. The molecule has 17 heavy (non-hydrogen) atoms. The lowest BCUT2D eigenvalue weighted by Gasteiger charge is -2.40. The minimum absolute atomic E-state index is 0.371. The fourth-order valence-corrected chi connectivity index (χ4v) is 2.73. The predicted octanol–water partition coefficient (Wildman–Crippen LogP) is 2.63. The van der Waals surface area contributed by atoms with Crippen molar-refractivity contribution in [1.29, 1.82) is 0 Å². The number of hydrogen-bond acceptors (Lipinski definition) is 2. The van der Waals surface area contributed by atoms with Gasteiger partial charge in [-0.15, -0.1) is 0 Å². The Morgan fingerprint density at radius 3 is 2.59 bits per heavy atom. The highest BCUT2D eigenvalue weighted by atomic mass is 19.1. The molecule has 1 heterocycles. The summed E-state index contributed by atoms with van der Waals surface area (Å²) >= 11 is 0. The minimum Gasteiger partial charge on any atom is -0.493 e. The number of halogens is 2. The van der Waals surface area contributed by atoms with Crippen molar-refractivity contribution in [3.8, 4) is 5.75 Å². The van der Waals surface area contributed by atoms with Gasteiger partial charge in [0.25, 0.3) is 0 Å². The lowest BCUT2D eigenvalue weighted by atomic mass is 9.71. The van der Waals surface area contributed by atoms with E-state index in [0.29, 0.717) is 29.9 Å². The van der Waals surface area contributed by atoms with Crippen molar-refractivity contribution in [2.45, 2.75) is 37.6 Å². The van der Waals surface area contributed by atoms with Crippen LogP contribution in [0.1, 0.15) is 36.8 Å². The molecule has 4 heteroatoms. The molecule has 1 aromatic carbocycles. The molecule has 92 valence electrons. The Hall–Kier alpha value is -1.16. The Kier molecular flexibility index (Phi) is 2.36. The standard InChI is InChI=1S/C13H15F2NO/c14-9-7-10(15)11(13(16)4-2-5-13)12-8(9)3-1-6-17-12/h7H,1-6,16H2. The molecule has 1 saturated carbocycles. The van der Waals surface area contributed by atoms with Crippen molar-refractivity contribution >= 4 is 0 Å². The van der Waals surface area contributed by atoms with Gasteiger partial charge in [0.2, 0.25) is 0 Å². The lowest BCUT2D eigenvalue weighted by Crippen LogP contribution is -2.44. The van der Waals surface area contributed by atoms with Gasteiger partial charge >= 0.3 is 0 Å². The molecule has 0 unspecified atom stereocenters. The summed E-state index contributed by atoms with van der Waals surface area (Å²) in [5, 5.41) is 0. The van der Waals surface area contributed by atoms with E-state index in [1.54, 1.807) is 0 Å². The average Bonchev–Trinajstić information content (AvgIpc) is 2.27. The highest BCUT2D eigenvalue weighted by Gasteiger charge is 2.41. The van der Waals surface area contributed by atoms with Crippen LogP contribution in [0, 0.1) is 11.6 Å². The first-order chi connectivity index (χ1) is 8.12. The van der Waals surface area contributed by atoms with Gasteiger partial charge in [-0.3, -0.25) is 0 Å². The first-order valence-corrected chi connectivity index (χ1v) is 6.05. The monoisotopic (exact) mass is 239 g/mol. The fourth-order valence-electron chi connectivity index (χ4n) is 2.73.